The van der Waals surface area contributed by atoms with Gasteiger partial charge < -0.3 is 15.0 Å². The Morgan fingerprint density at radius 3 is 2.65 bits per heavy atom. The van der Waals surface area contributed by atoms with Crippen LogP contribution in [0.25, 0.3) is 0 Å². The monoisotopic (exact) mass is 278 g/mol. The molecule has 0 unspecified atom stereocenters. The van der Waals surface area contributed by atoms with Crippen molar-refractivity contribution in [3.8, 4) is 0 Å². The molecule has 1 aromatic heterocycles. The van der Waals surface area contributed by atoms with Gasteiger partial charge in [0.05, 0.1) is 0 Å². The number of carbonyl (C=O) groups is 2. The Kier molecular flexibility index (Phi) is 4.47. The molecule has 0 spiro atoms. The molecule has 1 fully saturated rings. The molecule has 110 valence electrons. The number of nitrogens with zero attached hydrogens (tertiary/aromatic N) is 1. The summed E-state index contributed by atoms with van der Waals surface area (Å²) in [5.74, 6) is -1.06. The number of aliphatic carboxylic acids is 1. The molecule has 5 heteroatoms. The first-order valence-electron chi connectivity index (χ1n) is 7.19. The lowest BCUT2D eigenvalue weighted by molar-refractivity contribution is -0.139. The minimum Gasteiger partial charge on any atom is -0.480 e. The number of nitrogens with one attached hydrogen (secondary N) is 1. The SMILES string of the molecule is CC(C)C[C@H](NC(=O)c1cccn1C1CCC1)C(=O)O. The molecule has 0 aliphatic heterocycles. The Morgan fingerprint density at radius 1 is 1.45 bits per heavy atom. The van der Waals surface area contributed by atoms with Crippen molar-refractivity contribution in [2.45, 2.75) is 51.6 Å². The van der Waals surface area contributed by atoms with E-state index in [1.165, 1.54) is 6.42 Å². The summed E-state index contributed by atoms with van der Waals surface area (Å²) in [5, 5.41) is 11.8. The van der Waals surface area contributed by atoms with Crippen LogP contribution in [-0.2, 0) is 4.79 Å². The Bertz CT molecular complexity index is 489. The predicted molar refractivity (Wildman–Crippen MR) is 75.7 cm³/mol. The first-order chi connectivity index (χ1) is 9.49. The van der Waals surface area contributed by atoms with E-state index >= 15 is 0 Å². The number of amides is 1. The van der Waals surface area contributed by atoms with Gasteiger partial charge in [0, 0.05) is 12.2 Å². The molecule has 1 saturated carbocycles. The zero-order valence-corrected chi connectivity index (χ0v) is 12.0. The average Bonchev–Trinajstić information content (AvgIpc) is 2.73. The largest absolute Gasteiger partial charge is 0.480 e. The molecule has 0 aromatic carbocycles. The second-order valence-corrected chi connectivity index (χ2v) is 5.88. The molecule has 5 nitrogen and oxygen atoms in total. The second kappa shape index (κ2) is 6.11. The van der Waals surface area contributed by atoms with E-state index in [-0.39, 0.29) is 11.8 Å². The highest BCUT2D eigenvalue weighted by Gasteiger charge is 2.26. The molecule has 0 radical (unpaired) electrons. The Labute approximate surface area is 119 Å². The van der Waals surface area contributed by atoms with E-state index in [2.05, 4.69) is 5.32 Å². The zero-order chi connectivity index (χ0) is 14.7. The lowest BCUT2D eigenvalue weighted by Gasteiger charge is -2.29. The van der Waals surface area contributed by atoms with Crippen molar-refractivity contribution in [3.05, 3.63) is 24.0 Å². The van der Waals surface area contributed by atoms with E-state index < -0.39 is 12.0 Å². The van der Waals surface area contributed by atoms with Gasteiger partial charge in [-0.3, -0.25) is 4.79 Å². The second-order valence-electron chi connectivity index (χ2n) is 5.88. The average molecular weight is 278 g/mol. The van der Waals surface area contributed by atoms with Crippen molar-refractivity contribution in [2.75, 3.05) is 0 Å². The minimum absolute atomic E-state index is 0.217. The van der Waals surface area contributed by atoms with Crippen molar-refractivity contribution >= 4 is 11.9 Å². The number of carboxylic acid groups (broad SMARTS) is 1. The van der Waals surface area contributed by atoms with Crippen LogP contribution in [0.4, 0.5) is 0 Å². The lowest BCUT2D eigenvalue weighted by atomic mass is 9.93. The molecular weight excluding hydrogens is 256 g/mol. The van der Waals surface area contributed by atoms with Gasteiger partial charge in [0.25, 0.3) is 5.91 Å². The van der Waals surface area contributed by atoms with E-state index in [9.17, 15) is 14.7 Å². The third kappa shape index (κ3) is 3.21. The van der Waals surface area contributed by atoms with Gasteiger partial charge in [-0.1, -0.05) is 13.8 Å². The highest BCUT2D eigenvalue weighted by atomic mass is 16.4. The molecule has 2 rings (SSSR count). The van der Waals surface area contributed by atoms with Crippen LogP contribution in [0.3, 0.4) is 0 Å². The van der Waals surface area contributed by atoms with Crippen LogP contribution in [0.5, 0.6) is 0 Å². The molecule has 20 heavy (non-hydrogen) atoms. The summed E-state index contributed by atoms with van der Waals surface area (Å²) in [6, 6.07) is 3.15. The topological polar surface area (TPSA) is 71.3 Å². The standard InChI is InChI=1S/C15H22N2O3/c1-10(2)9-12(15(19)20)16-14(18)13-7-4-8-17(13)11-5-3-6-11/h4,7-8,10-12H,3,5-6,9H2,1-2H3,(H,16,18)(H,19,20)/t12-/m0/s1. The lowest BCUT2D eigenvalue weighted by Crippen LogP contribution is -2.42. The highest BCUT2D eigenvalue weighted by molar-refractivity contribution is 5.95. The molecule has 1 aliphatic rings. The van der Waals surface area contributed by atoms with Crippen molar-refractivity contribution in [2.24, 2.45) is 5.92 Å². The first-order valence-corrected chi connectivity index (χ1v) is 7.19. The third-order valence-corrected chi connectivity index (χ3v) is 3.79. The van der Waals surface area contributed by atoms with Crippen LogP contribution in [0, 0.1) is 5.92 Å². The highest BCUT2D eigenvalue weighted by Crippen LogP contribution is 2.32. The van der Waals surface area contributed by atoms with E-state index in [1.54, 1.807) is 6.07 Å². The molecular formula is C15H22N2O3. The van der Waals surface area contributed by atoms with Crippen LogP contribution < -0.4 is 5.32 Å². The van der Waals surface area contributed by atoms with Crippen molar-refractivity contribution < 1.29 is 14.7 Å². The van der Waals surface area contributed by atoms with Gasteiger partial charge in [-0.05, 0) is 43.7 Å². The Morgan fingerprint density at radius 2 is 2.15 bits per heavy atom. The summed E-state index contributed by atoms with van der Waals surface area (Å²) in [4.78, 5) is 23.5. The van der Waals surface area contributed by atoms with Crippen LogP contribution in [0.1, 0.15) is 56.1 Å². The van der Waals surface area contributed by atoms with Gasteiger partial charge in [-0.25, -0.2) is 4.79 Å². The number of carboxylic acids is 1. The molecule has 2 N–H and O–H groups in total. The minimum atomic E-state index is -0.978. The number of hydrogen-bond acceptors (Lipinski definition) is 2. The van der Waals surface area contributed by atoms with Gasteiger partial charge in [0.1, 0.15) is 11.7 Å². The predicted octanol–water partition coefficient (Wildman–Crippen LogP) is 2.44. The summed E-state index contributed by atoms with van der Waals surface area (Å²) in [6.07, 6.45) is 5.70. The Balaban J connectivity index is 2.06. The van der Waals surface area contributed by atoms with Gasteiger partial charge in [-0.15, -0.1) is 0 Å². The molecule has 1 atom stereocenters. The van der Waals surface area contributed by atoms with Gasteiger partial charge in [-0.2, -0.15) is 0 Å². The van der Waals surface area contributed by atoms with Crippen molar-refractivity contribution in [1.82, 2.24) is 9.88 Å². The summed E-state index contributed by atoms with van der Waals surface area (Å²) >= 11 is 0. The molecule has 1 aromatic rings. The third-order valence-electron chi connectivity index (χ3n) is 3.79. The maximum absolute atomic E-state index is 12.3. The molecule has 1 heterocycles. The van der Waals surface area contributed by atoms with E-state index in [0.717, 1.165) is 12.8 Å². The van der Waals surface area contributed by atoms with E-state index in [4.69, 9.17) is 0 Å². The quantitative estimate of drug-likeness (QED) is 0.839. The maximum Gasteiger partial charge on any atom is 0.326 e. The number of aromatic nitrogens is 1. The Hall–Kier alpha value is -1.78. The van der Waals surface area contributed by atoms with Crippen LogP contribution in [-0.4, -0.2) is 27.6 Å². The number of carbonyl (C=O) groups excluding carboxylic acids is 1. The van der Waals surface area contributed by atoms with E-state index in [0.29, 0.717) is 18.2 Å². The summed E-state index contributed by atoms with van der Waals surface area (Å²) in [6.45, 7) is 3.89. The fraction of sp³-hybridized carbons (Fsp3) is 0.600. The van der Waals surface area contributed by atoms with E-state index in [1.807, 2.05) is 30.7 Å². The van der Waals surface area contributed by atoms with Crippen LogP contribution >= 0.6 is 0 Å². The molecule has 0 bridgehead atoms. The maximum atomic E-state index is 12.3. The van der Waals surface area contributed by atoms with Crippen LogP contribution in [0.2, 0.25) is 0 Å². The fourth-order valence-corrected chi connectivity index (χ4v) is 2.49. The smallest absolute Gasteiger partial charge is 0.326 e. The molecule has 1 amide bonds. The van der Waals surface area contributed by atoms with Crippen molar-refractivity contribution in [3.63, 3.8) is 0 Å². The first kappa shape index (κ1) is 14.6. The summed E-state index contributed by atoms with van der Waals surface area (Å²) < 4.78 is 1.97. The fourth-order valence-electron chi connectivity index (χ4n) is 2.49. The normalized spacial score (nSPS) is 16.8. The number of hydrogen-bond donors (Lipinski definition) is 2. The van der Waals surface area contributed by atoms with Crippen LogP contribution in [0.15, 0.2) is 18.3 Å². The van der Waals surface area contributed by atoms with Gasteiger partial charge in [0.2, 0.25) is 0 Å². The molecule has 0 saturated heterocycles. The summed E-state index contributed by atoms with van der Waals surface area (Å²) in [5.41, 5.74) is 0.560. The molecule has 1 aliphatic carbocycles. The summed E-state index contributed by atoms with van der Waals surface area (Å²) in [7, 11) is 0. The van der Waals surface area contributed by atoms with Crippen molar-refractivity contribution in [1.29, 1.82) is 0 Å². The van der Waals surface area contributed by atoms with Gasteiger partial charge >= 0.3 is 5.97 Å². The zero-order valence-electron chi connectivity index (χ0n) is 12.0. The van der Waals surface area contributed by atoms with Gasteiger partial charge in [0.15, 0.2) is 0 Å². The number of rotatable bonds is 6.